The molecule has 2 N–H and O–H groups in total. The molecule has 0 atom stereocenters. The fourth-order valence-corrected chi connectivity index (χ4v) is 1.06. The predicted octanol–water partition coefficient (Wildman–Crippen LogP) is 0.0866. The summed E-state index contributed by atoms with van der Waals surface area (Å²) in [5.41, 5.74) is 0.204. The SMILES string of the molecule is CC(=O)NCCNC(=O)c1ccnc(F)c1. The minimum atomic E-state index is -0.700. The molecule has 0 fully saturated rings. The van der Waals surface area contributed by atoms with Gasteiger partial charge in [-0.25, -0.2) is 4.98 Å². The minimum Gasteiger partial charge on any atom is -0.355 e. The summed E-state index contributed by atoms with van der Waals surface area (Å²) in [6.07, 6.45) is 1.22. The molecule has 6 heteroatoms. The Morgan fingerprint density at radius 2 is 2.06 bits per heavy atom. The molecule has 0 radical (unpaired) electrons. The number of carbonyl (C=O) groups is 2. The topological polar surface area (TPSA) is 71.1 Å². The first-order valence-corrected chi connectivity index (χ1v) is 4.74. The van der Waals surface area contributed by atoms with Gasteiger partial charge in [0.2, 0.25) is 11.9 Å². The molecule has 1 rings (SSSR count). The Hall–Kier alpha value is -1.98. The lowest BCUT2D eigenvalue weighted by Crippen LogP contribution is -2.33. The predicted molar refractivity (Wildman–Crippen MR) is 55.2 cm³/mol. The average molecular weight is 225 g/mol. The lowest BCUT2D eigenvalue weighted by atomic mass is 10.2. The Morgan fingerprint density at radius 1 is 1.38 bits per heavy atom. The van der Waals surface area contributed by atoms with Crippen LogP contribution in [0.4, 0.5) is 4.39 Å². The van der Waals surface area contributed by atoms with Gasteiger partial charge in [-0.05, 0) is 6.07 Å². The lowest BCUT2D eigenvalue weighted by Gasteiger charge is -2.05. The summed E-state index contributed by atoms with van der Waals surface area (Å²) in [7, 11) is 0. The standard InChI is InChI=1S/C10H12FN3O2/c1-7(15)12-4-5-14-10(16)8-2-3-13-9(11)6-8/h2-3,6H,4-5H2,1H3,(H,12,15)(H,14,16). The molecule has 0 saturated carbocycles. The van der Waals surface area contributed by atoms with Gasteiger partial charge in [-0.2, -0.15) is 4.39 Å². The van der Waals surface area contributed by atoms with Crippen molar-refractivity contribution in [3.8, 4) is 0 Å². The average Bonchev–Trinajstić information content (AvgIpc) is 2.24. The van der Waals surface area contributed by atoms with Crippen molar-refractivity contribution < 1.29 is 14.0 Å². The number of nitrogens with one attached hydrogen (secondary N) is 2. The molecule has 2 amide bonds. The van der Waals surface area contributed by atoms with Gasteiger partial charge in [-0.1, -0.05) is 0 Å². The van der Waals surface area contributed by atoms with E-state index in [0.717, 1.165) is 6.07 Å². The largest absolute Gasteiger partial charge is 0.355 e. The third-order valence-corrected chi connectivity index (χ3v) is 1.77. The lowest BCUT2D eigenvalue weighted by molar-refractivity contribution is -0.118. The number of hydrogen-bond acceptors (Lipinski definition) is 3. The zero-order valence-electron chi connectivity index (χ0n) is 8.79. The van der Waals surface area contributed by atoms with E-state index in [0.29, 0.717) is 13.1 Å². The molecule has 5 nitrogen and oxygen atoms in total. The number of rotatable bonds is 4. The quantitative estimate of drug-likeness (QED) is 0.563. The monoisotopic (exact) mass is 225 g/mol. The van der Waals surface area contributed by atoms with Crippen molar-refractivity contribution in [2.45, 2.75) is 6.92 Å². The first-order chi connectivity index (χ1) is 7.59. The molecule has 0 bridgehead atoms. The zero-order valence-corrected chi connectivity index (χ0v) is 8.79. The number of carbonyl (C=O) groups excluding carboxylic acids is 2. The van der Waals surface area contributed by atoms with Gasteiger partial charge in [0.15, 0.2) is 0 Å². The molecule has 0 saturated heterocycles. The number of nitrogens with zero attached hydrogens (tertiary/aromatic N) is 1. The van der Waals surface area contributed by atoms with E-state index in [9.17, 15) is 14.0 Å². The first-order valence-electron chi connectivity index (χ1n) is 4.74. The highest BCUT2D eigenvalue weighted by molar-refractivity contribution is 5.94. The Bertz CT molecular complexity index is 395. The number of pyridine rings is 1. The van der Waals surface area contributed by atoms with E-state index in [1.54, 1.807) is 0 Å². The minimum absolute atomic E-state index is 0.163. The Kier molecular flexibility index (Phi) is 4.38. The number of halogens is 1. The molecular weight excluding hydrogens is 213 g/mol. The molecule has 0 spiro atoms. The van der Waals surface area contributed by atoms with E-state index in [1.807, 2.05) is 0 Å². The van der Waals surface area contributed by atoms with Crippen LogP contribution in [0.1, 0.15) is 17.3 Å². The molecule has 0 unspecified atom stereocenters. The van der Waals surface area contributed by atoms with Crippen LogP contribution in [0.5, 0.6) is 0 Å². The Labute approximate surface area is 92.1 Å². The van der Waals surface area contributed by atoms with Crippen LogP contribution in [0, 0.1) is 5.95 Å². The second kappa shape index (κ2) is 5.79. The van der Waals surface area contributed by atoms with Gasteiger partial charge in [0.25, 0.3) is 5.91 Å². The van der Waals surface area contributed by atoms with Gasteiger partial charge < -0.3 is 10.6 Å². The van der Waals surface area contributed by atoms with Crippen molar-refractivity contribution in [3.05, 3.63) is 29.8 Å². The van der Waals surface area contributed by atoms with E-state index in [-0.39, 0.29) is 11.5 Å². The highest BCUT2D eigenvalue weighted by Crippen LogP contribution is 1.99. The third kappa shape index (κ3) is 4.04. The maximum absolute atomic E-state index is 12.7. The summed E-state index contributed by atoms with van der Waals surface area (Å²) < 4.78 is 12.7. The summed E-state index contributed by atoms with van der Waals surface area (Å²) in [5.74, 6) is -1.26. The summed E-state index contributed by atoms with van der Waals surface area (Å²) >= 11 is 0. The van der Waals surface area contributed by atoms with Crippen LogP contribution in [0.15, 0.2) is 18.3 Å². The van der Waals surface area contributed by atoms with Gasteiger partial charge in [0.05, 0.1) is 0 Å². The van der Waals surface area contributed by atoms with Crippen molar-refractivity contribution in [2.24, 2.45) is 0 Å². The summed E-state index contributed by atoms with van der Waals surface area (Å²) in [5, 5.41) is 5.06. The number of amides is 2. The highest BCUT2D eigenvalue weighted by atomic mass is 19.1. The zero-order chi connectivity index (χ0) is 12.0. The first kappa shape index (κ1) is 12.1. The van der Waals surface area contributed by atoms with Gasteiger partial charge in [-0.15, -0.1) is 0 Å². The smallest absolute Gasteiger partial charge is 0.251 e. The van der Waals surface area contributed by atoms with Crippen molar-refractivity contribution in [1.82, 2.24) is 15.6 Å². The van der Waals surface area contributed by atoms with E-state index in [2.05, 4.69) is 15.6 Å². The van der Waals surface area contributed by atoms with Crippen LogP contribution in [0.25, 0.3) is 0 Å². The van der Waals surface area contributed by atoms with Gasteiger partial charge >= 0.3 is 0 Å². The molecule has 86 valence electrons. The van der Waals surface area contributed by atoms with E-state index < -0.39 is 11.9 Å². The summed E-state index contributed by atoms with van der Waals surface area (Å²) in [6, 6.07) is 2.46. The second-order valence-corrected chi connectivity index (χ2v) is 3.11. The van der Waals surface area contributed by atoms with Crippen molar-refractivity contribution >= 4 is 11.8 Å². The molecule has 0 aliphatic carbocycles. The van der Waals surface area contributed by atoms with E-state index >= 15 is 0 Å². The highest BCUT2D eigenvalue weighted by Gasteiger charge is 2.05. The van der Waals surface area contributed by atoms with Gasteiger partial charge in [-0.3, -0.25) is 9.59 Å². The maximum Gasteiger partial charge on any atom is 0.251 e. The van der Waals surface area contributed by atoms with Crippen LogP contribution in [-0.4, -0.2) is 29.9 Å². The van der Waals surface area contributed by atoms with Crippen LogP contribution in [0.2, 0.25) is 0 Å². The van der Waals surface area contributed by atoms with Crippen LogP contribution in [-0.2, 0) is 4.79 Å². The van der Waals surface area contributed by atoms with Crippen LogP contribution >= 0.6 is 0 Å². The van der Waals surface area contributed by atoms with Gasteiger partial charge in [0, 0.05) is 37.8 Å². The number of aromatic nitrogens is 1. The second-order valence-electron chi connectivity index (χ2n) is 3.11. The molecular formula is C10H12FN3O2. The summed E-state index contributed by atoms with van der Waals surface area (Å²) in [6.45, 7) is 2.02. The number of hydrogen-bond donors (Lipinski definition) is 2. The van der Waals surface area contributed by atoms with Crippen LogP contribution in [0.3, 0.4) is 0 Å². The van der Waals surface area contributed by atoms with Crippen LogP contribution < -0.4 is 10.6 Å². The Balaban J connectivity index is 2.38. The fourth-order valence-electron chi connectivity index (χ4n) is 1.06. The molecule has 16 heavy (non-hydrogen) atoms. The molecule has 1 aromatic heterocycles. The fraction of sp³-hybridized carbons (Fsp3) is 0.300. The normalized spacial score (nSPS) is 9.62. The molecule has 0 aliphatic rings. The summed E-state index contributed by atoms with van der Waals surface area (Å²) in [4.78, 5) is 25.3. The Morgan fingerprint density at radius 3 is 2.69 bits per heavy atom. The van der Waals surface area contributed by atoms with Crippen molar-refractivity contribution in [3.63, 3.8) is 0 Å². The molecule has 1 aromatic rings. The molecule has 1 heterocycles. The van der Waals surface area contributed by atoms with Crippen molar-refractivity contribution in [1.29, 1.82) is 0 Å². The molecule has 0 aliphatic heterocycles. The van der Waals surface area contributed by atoms with E-state index in [4.69, 9.17) is 0 Å². The van der Waals surface area contributed by atoms with E-state index in [1.165, 1.54) is 19.2 Å². The van der Waals surface area contributed by atoms with Gasteiger partial charge in [0.1, 0.15) is 0 Å². The third-order valence-electron chi connectivity index (χ3n) is 1.77. The maximum atomic E-state index is 12.7. The van der Waals surface area contributed by atoms with Crippen molar-refractivity contribution in [2.75, 3.05) is 13.1 Å². The molecule has 0 aromatic carbocycles.